The van der Waals surface area contributed by atoms with E-state index in [1.807, 2.05) is 29.2 Å². The standard InChI is InChI=1S/C22H23N3O3/c1-2-20(26)24-18-9-5-15(6-10-18)13-21(27)25(19-11-12-19)14-16-3-7-17(8-4-16)22(23)28/h2-10,19H,1,11-14H2,(H2,23,28)(H,24,26). The molecule has 144 valence electrons. The van der Waals surface area contributed by atoms with E-state index in [1.165, 1.54) is 6.08 Å². The summed E-state index contributed by atoms with van der Waals surface area (Å²) >= 11 is 0. The molecule has 2 aromatic carbocycles. The van der Waals surface area contributed by atoms with Crippen LogP contribution < -0.4 is 11.1 Å². The summed E-state index contributed by atoms with van der Waals surface area (Å²) in [7, 11) is 0. The first-order chi connectivity index (χ1) is 13.5. The molecule has 1 saturated carbocycles. The fourth-order valence-corrected chi connectivity index (χ4v) is 2.95. The number of hydrogen-bond donors (Lipinski definition) is 2. The Bertz CT molecular complexity index is 884. The van der Waals surface area contributed by atoms with Crippen molar-refractivity contribution in [3.63, 3.8) is 0 Å². The molecular formula is C22H23N3O3. The smallest absolute Gasteiger partial charge is 0.248 e. The molecule has 3 rings (SSSR count). The molecule has 0 radical (unpaired) electrons. The number of nitrogens with zero attached hydrogens (tertiary/aromatic N) is 1. The Morgan fingerprint density at radius 2 is 1.64 bits per heavy atom. The molecule has 0 saturated heterocycles. The van der Waals surface area contributed by atoms with Gasteiger partial charge in [-0.05, 0) is 54.3 Å². The van der Waals surface area contributed by atoms with E-state index in [4.69, 9.17) is 5.73 Å². The summed E-state index contributed by atoms with van der Waals surface area (Å²) in [6, 6.07) is 14.5. The van der Waals surface area contributed by atoms with E-state index < -0.39 is 5.91 Å². The molecule has 0 atom stereocenters. The van der Waals surface area contributed by atoms with Gasteiger partial charge >= 0.3 is 0 Å². The first-order valence-corrected chi connectivity index (χ1v) is 9.17. The number of anilines is 1. The van der Waals surface area contributed by atoms with Gasteiger partial charge in [-0.15, -0.1) is 0 Å². The van der Waals surface area contributed by atoms with E-state index in [0.717, 1.165) is 24.0 Å². The topological polar surface area (TPSA) is 92.5 Å². The van der Waals surface area contributed by atoms with Gasteiger partial charge < -0.3 is 16.0 Å². The van der Waals surface area contributed by atoms with Crippen LogP contribution in [0.3, 0.4) is 0 Å². The van der Waals surface area contributed by atoms with Gasteiger partial charge in [0.2, 0.25) is 17.7 Å². The third-order valence-corrected chi connectivity index (χ3v) is 4.66. The Morgan fingerprint density at radius 3 is 2.18 bits per heavy atom. The van der Waals surface area contributed by atoms with E-state index >= 15 is 0 Å². The fourth-order valence-electron chi connectivity index (χ4n) is 2.95. The van der Waals surface area contributed by atoms with E-state index in [1.54, 1.807) is 24.3 Å². The van der Waals surface area contributed by atoms with Crippen molar-refractivity contribution < 1.29 is 14.4 Å². The molecule has 2 aromatic rings. The van der Waals surface area contributed by atoms with Crippen LogP contribution >= 0.6 is 0 Å². The third kappa shape index (κ3) is 5.07. The Balaban J connectivity index is 1.64. The fraction of sp³-hybridized carbons (Fsp3) is 0.227. The molecule has 1 aliphatic rings. The molecule has 1 fully saturated rings. The summed E-state index contributed by atoms with van der Waals surface area (Å²) in [6.45, 7) is 3.93. The van der Waals surface area contributed by atoms with Crippen LogP contribution in [-0.4, -0.2) is 28.7 Å². The van der Waals surface area contributed by atoms with Crippen molar-refractivity contribution in [2.75, 3.05) is 5.32 Å². The van der Waals surface area contributed by atoms with Gasteiger partial charge in [-0.2, -0.15) is 0 Å². The van der Waals surface area contributed by atoms with Gasteiger partial charge in [-0.1, -0.05) is 30.8 Å². The molecular weight excluding hydrogens is 354 g/mol. The lowest BCUT2D eigenvalue weighted by molar-refractivity contribution is -0.131. The van der Waals surface area contributed by atoms with Crippen molar-refractivity contribution in [2.45, 2.75) is 31.8 Å². The highest BCUT2D eigenvalue weighted by Gasteiger charge is 2.32. The Labute approximate surface area is 164 Å². The molecule has 3 N–H and O–H groups in total. The molecule has 6 heteroatoms. The molecule has 1 aliphatic carbocycles. The molecule has 0 aliphatic heterocycles. The zero-order valence-corrected chi connectivity index (χ0v) is 15.6. The summed E-state index contributed by atoms with van der Waals surface area (Å²) in [4.78, 5) is 37.3. The van der Waals surface area contributed by atoms with Gasteiger partial charge in [-0.3, -0.25) is 14.4 Å². The van der Waals surface area contributed by atoms with Gasteiger partial charge in [-0.25, -0.2) is 0 Å². The van der Waals surface area contributed by atoms with Gasteiger partial charge in [0, 0.05) is 23.8 Å². The van der Waals surface area contributed by atoms with Gasteiger partial charge in [0.05, 0.1) is 6.42 Å². The van der Waals surface area contributed by atoms with E-state index in [0.29, 0.717) is 24.2 Å². The number of benzene rings is 2. The number of primary amides is 1. The van der Waals surface area contributed by atoms with Crippen molar-refractivity contribution in [1.29, 1.82) is 0 Å². The number of hydrogen-bond acceptors (Lipinski definition) is 3. The zero-order valence-electron chi connectivity index (χ0n) is 15.6. The number of rotatable bonds is 8. The predicted octanol–water partition coefficient (Wildman–Crippen LogP) is 2.64. The molecule has 0 spiro atoms. The Morgan fingerprint density at radius 1 is 1.04 bits per heavy atom. The van der Waals surface area contributed by atoms with Crippen LogP contribution in [0.25, 0.3) is 0 Å². The highest BCUT2D eigenvalue weighted by molar-refractivity contribution is 5.98. The molecule has 0 unspecified atom stereocenters. The molecule has 28 heavy (non-hydrogen) atoms. The van der Waals surface area contributed by atoms with Crippen LogP contribution in [0.4, 0.5) is 5.69 Å². The number of amides is 3. The van der Waals surface area contributed by atoms with Crippen LogP contribution in [0, 0.1) is 0 Å². The second kappa shape index (κ2) is 8.52. The Kier molecular flexibility index (Phi) is 5.89. The minimum atomic E-state index is -0.464. The second-order valence-electron chi connectivity index (χ2n) is 6.88. The molecule has 0 bridgehead atoms. The summed E-state index contributed by atoms with van der Waals surface area (Å²) in [5.74, 6) is -0.676. The second-order valence-corrected chi connectivity index (χ2v) is 6.88. The largest absolute Gasteiger partial charge is 0.366 e. The predicted molar refractivity (Wildman–Crippen MR) is 108 cm³/mol. The third-order valence-electron chi connectivity index (χ3n) is 4.66. The summed E-state index contributed by atoms with van der Waals surface area (Å²) in [6.07, 6.45) is 3.53. The van der Waals surface area contributed by atoms with E-state index in [-0.39, 0.29) is 17.9 Å². The lowest BCUT2D eigenvalue weighted by atomic mass is 10.1. The first-order valence-electron chi connectivity index (χ1n) is 9.17. The molecule has 0 heterocycles. The summed E-state index contributed by atoms with van der Waals surface area (Å²) in [5, 5.41) is 2.68. The number of nitrogens with one attached hydrogen (secondary N) is 1. The van der Waals surface area contributed by atoms with E-state index in [2.05, 4.69) is 11.9 Å². The Hall–Kier alpha value is -3.41. The highest BCUT2D eigenvalue weighted by Crippen LogP contribution is 2.29. The number of carbonyl (C=O) groups excluding carboxylic acids is 3. The normalized spacial score (nSPS) is 12.9. The average Bonchev–Trinajstić information content (AvgIpc) is 3.53. The van der Waals surface area contributed by atoms with Crippen LogP contribution in [0.5, 0.6) is 0 Å². The van der Waals surface area contributed by atoms with Gasteiger partial charge in [0.25, 0.3) is 0 Å². The van der Waals surface area contributed by atoms with Crippen molar-refractivity contribution in [2.24, 2.45) is 5.73 Å². The van der Waals surface area contributed by atoms with Crippen molar-refractivity contribution in [3.05, 3.63) is 77.9 Å². The quantitative estimate of drug-likeness (QED) is 0.693. The van der Waals surface area contributed by atoms with Gasteiger partial charge in [0.1, 0.15) is 0 Å². The minimum absolute atomic E-state index is 0.0596. The van der Waals surface area contributed by atoms with Crippen LogP contribution in [0.1, 0.15) is 34.3 Å². The van der Waals surface area contributed by atoms with Crippen molar-refractivity contribution in [1.82, 2.24) is 4.90 Å². The summed E-state index contributed by atoms with van der Waals surface area (Å²) < 4.78 is 0. The highest BCUT2D eigenvalue weighted by atomic mass is 16.2. The maximum Gasteiger partial charge on any atom is 0.248 e. The number of nitrogens with two attached hydrogens (primary N) is 1. The summed E-state index contributed by atoms with van der Waals surface area (Å²) in [5.41, 5.74) is 8.24. The molecule has 0 aromatic heterocycles. The zero-order chi connectivity index (χ0) is 20.1. The van der Waals surface area contributed by atoms with Crippen LogP contribution in [0.2, 0.25) is 0 Å². The van der Waals surface area contributed by atoms with Crippen LogP contribution in [0.15, 0.2) is 61.2 Å². The monoisotopic (exact) mass is 377 g/mol. The van der Waals surface area contributed by atoms with Crippen LogP contribution in [-0.2, 0) is 22.6 Å². The number of carbonyl (C=O) groups is 3. The van der Waals surface area contributed by atoms with Gasteiger partial charge in [0.15, 0.2) is 0 Å². The first kappa shape index (κ1) is 19.4. The molecule has 3 amide bonds. The molecule has 6 nitrogen and oxygen atoms in total. The van der Waals surface area contributed by atoms with E-state index in [9.17, 15) is 14.4 Å². The lowest BCUT2D eigenvalue weighted by Gasteiger charge is -2.23. The maximum atomic E-state index is 12.9. The average molecular weight is 377 g/mol. The van der Waals surface area contributed by atoms with Crippen molar-refractivity contribution >= 4 is 23.4 Å². The maximum absolute atomic E-state index is 12.9. The SMILES string of the molecule is C=CC(=O)Nc1ccc(CC(=O)N(Cc2ccc(C(N)=O)cc2)C2CC2)cc1. The minimum Gasteiger partial charge on any atom is -0.366 e. The van der Waals surface area contributed by atoms with Crippen molar-refractivity contribution in [3.8, 4) is 0 Å². The lowest BCUT2D eigenvalue weighted by Crippen LogP contribution is -2.33.